The summed E-state index contributed by atoms with van der Waals surface area (Å²) in [7, 11) is 5.94. The van der Waals surface area contributed by atoms with Crippen molar-refractivity contribution >= 4 is 0 Å². The Morgan fingerprint density at radius 3 is 2.29 bits per heavy atom. The molecule has 0 bridgehead atoms. The van der Waals surface area contributed by atoms with E-state index in [0.29, 0.717) is 0 Å². The molecule has 0 aromatic heterocycles. The van der Waals surface area contributed by atoms with Crippen LogP contribution in [0.3, 0.4) is 0 Å². The Bertz CT molecular complexity index is 364. The molecule has 1 aromatic rings. The molecule has 96 valence electrons. The van der Waals surface area contributed by atoms with E-state index < -0.39 is 0 Å². The number of likely N-dealkylation sites (N-methyl/N-ethyl adjacent to an activating group) is 1. The standard InChI is InChI=1S/C15H25NO/c1-15(2,3)13-7-8-14(17-6)12(11-13)9-10-16(4)5/h7-8,11H,9-10H2,1-6H3. The lowest BCUT2D eigenvalue weighted by molar-refractivity contribution is 0.391. The summed E-state index contributed by atoms with van der Waals surface area (Å²) in [6.45, 7) is 7.77. The summed E-state index contributed by atoms with van der Waals surface area (Å²) in [5, 5.41) is 0. The molecule has 0 saturated heterocycles. The van der Waals surface area contributed by atoms with Gasteiger partial charge in [-0.15, -0.1) is 0 Å². The van der Waals surface area contributed by atoms with E-state index in [1.54, 1.807) is 7.11 Å². The van der Waals surface area contributed by atoms with Crippen molar-refractivity contribution in [2.75, 3.05) is 27.7 Å². The van der Waals surface area contributed by atoms with Crippen molar-refractivity contribution in [1.29, 1.82) is 0 Å². The van der Waals surface area contributed by atoms with Gasteiger partial charge in [-0.05, 0) is 43.1 Å². The minimum Gasteiger partial charge on any atom is -0.496 e. The smallest absolute Gasteiger partial charge is 0.122 e. The molecule has 0 heterocycles. The third-order valence-corrected chi connectivity index (χ3v) is 2.97. The first-order chi connectivity index (χ1) is 7.84. The molecule has 0 saturated carbocycles. The predicted molar refractivity (Wildman–Crippen MR) is 74.0 cm³/mol. The average molecular weight is 235 g/mol. The minimum absolute atomic E-state index is 0.194. The summed E-state index contributed by atoms with van der Waals surface area (Å²) in [6, 6.07) is 6.53. The quantitative estimate of drug-likeness (QED) is 0.795. The molecule has 0 aliphatic rings. The van der Waals surface area contributed by atoms with E-state index in [2.05, 4.69) is 58.0 Å². The highest BCUT2D eigenvalue weighted by Crippen LogP contribution is 2.28. The number of rotatable bonds is 4. The fourth-order valence-corrected chi connectivity index (χ4v) is 1.78. The van der Waals surface area contributed by atoms with Gasteiger partial charge < -0.3 is 9.64 Å². The zero-order valence-corrected chi connectivity index (χ0v) is 12.0. The second-order valence-corrected chi connectivity index (χ2v) is 5.83. The van der Waals surface area contributed by atoms with Gasteiger partial charge in [0.1, 0.15) is 5.75 Å². The maximum atomic E-state index is 5.43. The van der Waals surface area contributed by atoms with E-state index in [0.717, 1.165) is 18.7 Å². The molecule has 0 atom stereocenters. The minimum atomic E-state index is 0.194. The van der Waals surface area contributed by atoms with E-state index in [1.165, 1.54) is 11.1 Å². The summed E-state index contributed by atoms with van der Waals surface area (Å²) < 4.78 is 5.43. The van der Waals surface area contributed by atoms with E-state index >= 15 is 0 Å². The van der Waals surface area contributed by atoms with Gasteiger partial charge in [-0.1, -0.05) is 32.9 Å². The first-order valence-corrected chi connectivity index (χ1v) is 6.16. The van der Waals surface area contributed by atoms with Gasteiger partial charge in [-0.2, -0.15) is 0 Å². The lowest BCUT2D eigenvalue weighted by Crippen LogP contribution is -2.16. The maximum absolute atomic E-state index is 5.43. The SMILES string of the molecule is COc1ccc(C(C)(C)C)cc1CCN(C)C. The number of nitrogens with zero attached hydrogens (tertiary/aromatic N) is 1. The molecule has 0 unspecified atom stereocenters. The third kappa shape index (κ3) is 4.04. The molecule has 17 heavy (non-hydrogen) atoms. The Labute approximate surface area is 106 Å². The van der Waals surface area contributed by atoms with Crippen LogP contribution in [0.1, 0.15) is 31.9 Å². The normalized spacial score (nSPS) is 11.9. The van der Waals surface area contributed by atoms with Gasteiger partial charge in [0, 0.05) is 6.54 Å². The van der Waals surface area contributed by atoms with Crippen LogP contribution in [0, 0.1) is 0 Å². The van der Waals surface area contributed by atoms with Crippen molar-refractivity contribution in [3.8, 4) is 5.75 Å². The van der Waals surface area contributed by atoms with Gasteiger partial charge in [-0.25, -0.2) is 0 Å². The Morgan fingerprint density at radius 1 is 1.18 bits per heavy atom. The van der Waals surface area contributed by atoms with E-state index in [9.17, 15) is 0 Å². The Hall–Kier alpha value is -1.02. The number of hydrogen-bond donors (Lipinski definition) is 0. The summed E-state index contributed by atoms with van der Waals surface area (Å²) in [5.74, 6) is 1.000. The molecule has 0 aliphatic carbocycles. The van der Waals surface area contributed by atoms with Gasteiger partial charge in [0.15, 0.2) is 0 Å². The summed E-state index contributed by atoms with van der Waals surface area (Å²) in [4.78, 5) is 2.20. The largest absolute Gasteiger partial charge is 0.496 e. The van der Waals surface area contributed by atoms with Crippen LogP contribution in [0.4, 0.5) is 0 Å². The van der Waals surface area contributed by atoms with Gasteiger partial charge in [0.25, 0.3) is 0 Å². The van der Waals surface area contributed by atoms with Crippen molar-refractivity contribution in [2.45, 2.75) is 32.6 Å². The lowest BCUT2D eigenvalue weighted by atomic mass is 9.85. The molecule has 1 rings (SSSR count). The molecule has 0 radical (unpaired) electrons. The van der Waals surface area contributed by atoms with Crippen LogP contribution in [0.25, 0.3) is 0 Å². The second kappa shape index (κ2) is 5.54. The number of ether oxygens (including phenoxy) is 1. The van der Waals surface area contributed by atoms with Crippen LogP contribution in [0.15, 0.2) is 18.2 Å². The fraction of sp³-hybridized carbons (Fsp3) is 0.600. The van der Waals surface area contributed by atoms with Crippen molar-refractivity contribution < 1.29 is 4.74 Å². The number of benzene rings is 1. The summed E-state index contributed by atoms with van der Waals surface area (Å²) in [5.41, 5.74) is 2.86. The molecular formula is C15H25NO. The maximum Gasteiger partial charge on any atom is 0.122 e. The zero-order chi connectivity index (χ0) is 13.1. The Balaban J connectivity index is 2.98. The Kier molecular flexibility index (Phi) is 4.58. The fourth-order valence-electron chi connectivity index (χ4n) is 1.78. The average Bonchev–Trinajstić information content (AvgIpc) is 2.24. The van der Waals surface area contributed by atoms with Crippen LogP contribution in [-0.2, 0) is 11.8 Å². The molecule has 0 amide bonds. The first-order valence-electron chi connectivity index (χ1n) is 6.16. The molecule has 1 aromatic carbocycles. The van der Waals surface area contributed by atoms with Crippen LogP contribution in [0.2, 0.25) is 0 Å². The predicted octanol–water partition coefficient (Wildman–Crippen LogP) is 3.10. The topological polar surface area (TPSA) is 12.5 Å². The highest BCUT2D eigenvalue weighted by atomic mass is 16.5. The highest BCUT2D eigenvalue weighted by Gasteiger charge is 2.15. The molecular weight excluding hydrogens is 210 g/mol. The van der Waals surface area contributed by atoms with Gasteiger partial charge in [0.05, 0.1) is 7.11 Å². The summed E-state index contributed by atoms with van der Waals surface area (Å²) >= 11 is 0. The molecule has 0 spiro atoms. The third-order valence-electron chi connectivity index (χ3n) is 2.97. The zero-order valence-electron chi connectivity index (χ0n) is 12.0. The molecule has 0 aliphatic heterocycles. The van der Waals surface area contributed by atoms with E-state index in [4.69, 9.17) is 4.74 Å². The molecule has 2 heteroatoms. The van der Waals surface area contributed by atoms with Crippen LogP contribution < -0.4 is 4.74 Å². The van der Waals surface area contributed by atoms with E-state index in [1.807, 2.05) is 0 Å². The van der Waals surface area contributed by atoms with Crippen LogP contribution >= 0.6 is 0 Å². The second-order valence-electron chi connectivity index (χ2n) is 5.83. The van der Waals surface area contributed by atoms with Crippen molar-refractivity contribution in [3.63, 3.8) is 0 Å². The van der Waals surface area contributed by atoms with Gasteiger partial charge in [-0.3, -0.25) is 0 Å². The van der Waals surface area contributed by atoms with Crippen molar-refractivity contribution in [3.05, 3.63) is 29.3 Å². The number of hydrogen-bond acceptors (Lipinski definition) is 2. The van der Waals surface area contributed by atoms with Crippen LogP contribution in [-0.4, -0.2) is 32.6 Å². The van der Waals surface area contributed by atoms with Crippen LogP contribution in [0.5, 0.6) is 5.75 Å². The van der Waals surface area contributed by atoms with E-state index in [-0.39, 0.29) is 5.41 Å². The number of methoxy groups -OCH3 is 1. The molecule has 0 N–H and O–H groups in total. The van der Waals surface area contributed by atoms with Gasteiger partial charge >= 0.3 is 0 Å². The molecule has 0 fully saturated rings. The molecule has 2 nitrogen and oxygen atoms in total. The van der Waals surface area contributed by atoms with Crippen molar-refractivity contribution in [1.82, 2.24) is 4.90 Å². The lowest BCUT2D eigenvalue weighted by Gasteiger charge is -2.21. The highest BCUT2D eigenvalue weighted by molar-refractivity contribution is 5.39. The van der Waals surface area contributed by atoms with Crippen molar-refractivity contribution in [2.24, 2.45) is 0 Å². The first kappa shape index (κ1) is 14.0. The van der Waals surface area contributed by atoms with Gasteiger partial charge in [0.2, 0.25) is 0 Å². The summed E-state index contributed by atoms with van der Waals surface area (Å²) in [6.07, 6.45) is 1.03. The Morgan fingerprint density at radius 2 is 1.82 bits per heavy atom. The monoisotopic (exact) mass is 235 g/mol.